The molecule has 0 unspecified atom stereocenters. The van der Waals surface area contributed by atoms with Crippen LogP contribution >= 0.6 is 0 Å². The molecular weight excluding hydrogens is 374 g/mol. The zero-order valence-corrected chi connectivity index (χ0v) is 15.5. The third-order valence-electron chi connectivity index (χ3n) is 4.03. The Morgan fingerprint density at radius 2 is 1.85 bits per heavy atom. The van der Waals surface area contributed by atoms with E-state index in [-0.39, 0.29) is 16.4 Å². The van der Waals surface area contributed by atoms with Crippen LogP contribution in [0.4, 0.5) is 14.6 Å². The molecule has 3 aromatic rings. The second-order valence-electron chi connectivity index (χ2n) is 6.03. The molecule has 0 fully saturated rings. The van der Waals surface area contributed by atoms with Gasteiger partial charge in [-0.25, -0.2) is 22.2 Å². The summed E-state index contributed by atoms with van der Waals surface area (Å²) in [6.45, 7) is 1.97. The maximum absolute atomic E-state index is 13.3. The number of sulfone groups is 1. The van der Waals surface area contributed by atoms with Crippen molar-refractivity contribution < 1.29 is 17.2 Å². The molecule has 0 aliphatic carbocycles. The molecule has 0 spiro atoms. The lowest BCUT2D eigenvalue weighted by Gasteiger charge is -2.11. The molecule has 0 saturated heterocycles. The van der Waals surface area contributed by atoms with E-state index in [1.54, 1.807) is 6.92 Å². The number of benzene rings is 1. The van der Waals surface area contributed by atoms with Gasteiger partial charge in [-0.1, -0.05) is 30.3 Å². The van der Waals surface area contributed by atoms with Gasteiger partial charge in [-0.3, -0.25) is 0 Å². The summed E-state index contributed by atoms with van der Waals surface area (Å²) < 4.78 is 51.1. The SMILES string of the molecule is Cc1c(C(F)F)nn(-c2ccc(S(C)(=O)=O)cn2)c1NCc1ccccc1. The maximum Gasteiger partial charge on any atom is 0.282 e. The predicted octanol–water partition coefficient (Wildman–Crippen LogP) is 3.53. The molecule has 0 aliphatic rings. The van der Waals surface area contributed by atoms with Crippen molar-refractivity contribution in [2.24, 2.45) is 0 Å². The largest absolute Gasteiger partial charge is 0.366 e. The summed E-state index contributed by atoms with van der Waals surface area (Å²) in [7, 11) is -3.40. The Morgan fingerprint density at radius 3 is 2.41 bits per heavy atom. The van der Waals surface area contributed by atoms with Gasteiger partial charge in [0.25, 0.3) is 6.43 Å². The summed E-state index contributed by atoms with van der Waals surface area (Å²) in [4.78, 5) is 4.13. The molecule has 2 aromatic heterocycles. The molecule has 142 valence electrons. The second-order valence-corrected chi connectivity index (χ2v) is 8.05. The number of anilines is 1. The van der Waals surface area contributed by atoms with Gasteiger partial charge < -0.3 is 5.32 Å². The van der Waals surface area contributed by atoms with Crippen LogP contribution in [-0.2, 0) is 16.4 Å². The quantitative estimate of drug-likeness (QED) is 0.694. The van der Waals surface area contributed by atoms with E-state index in [9.17, 15) is 17.2 Å². The van der Waals surface area contributed by atoms with Gasteiger partial charge >= 0.3 is 0 Å². The van der Waals surface area contributed by atoms with E-state index in [4.69, 9.17) is 0 Å². The first-order valence-corrected chi connectivity index (χ1v) is 9.98. The first kappa shape index (κ1) is 19.0. The minimum Gasteiger partial charge on any atom is -0.366 e. The predicted molar refractivity (Wildman–Crippen MR) is 97.9 cm³/mol. The van der Waals surface area contributed by atoms with Gasteiger partial charge in [0.1, 0.15) is 11.5 Å². The van der Waals surface area contributed by atoms with Crippen LogP contribution in [0.25, 0.3) is 5.82 Å². The summed E-state index contributed by atoms with van der Waals surface area (Å²) in [5.74, 6) is 0.627. The fourth-order valence-electron chi connectivity index (χ4n) is 2.59. The van der Waals surface area contributed by atoms with Crippen molar-refractivity contribution in [3.8, 4) is 5.82 Å². The van der Waals surface area contributed by atoms with Crippen LogP contribution in [0, 0.1) is 6.92 Å². The number of rotatable bonds is 6. The van der Waals surface area contributed by atoms with Crippen LogP contribution in [0.15, 0.2) is 53.6 Å². The van der Waals surface area contributed by atoms with E-state index in [1.807, 2.05) is 30.3 Å². The van der Waals surface area contributed by atoms with Crippen LogP contribution < -0.4 is 5.32 Å². The molecule has 0 bridgehead atoms. The van der Waals surface area contributed by atoms with Crippen LogP contribution in [-0.4, -0.2) is 29.4 Å². The normalized spacial score (nSPS) is 11.7. The van der Waals surface area contributed by atoms with Crippen LogP contribution in [0.2, 0.25) is 0 Å². The van der Waals surface area contributed by atoms with Gasteiger partial charge in [-0.15, -0.1) is 0 Å². The number of nitrogens with one attached hydrogen (secondary N) is 1. The summed E-state index contributed by atoms with van der Waals surface area (Å²) in [5.41, 5.74) is 0.943. The summed E-state index contributed by atoms with van der Waals surface area (Å²) >= 11 is 0. The van der Waals surface area contributed by atoms with Crippen molar-refractivity contribution >= 4 is 15.7 Å². The Hall–Kier alpha value is -2.81. The number of aromatic nitrogens is 3. The minimum absolute atomic E-state index is 0.0444. The highest BCUT2D eigenvalue weighted by Crippen LogP contribution is 2.29. The molecule has 1 aromatic carbocycles. The standard InChI is InChI=1S/C18H18F2N4O2S/c1-12-16(17(19)20)23-24(15-9-8-14(11-21-15)27(2,25)26)18(12)22-10-13-6-4-3-5-7-13/h3-9,11,17,22H,10H2,1-2H3. The fourth-order valence-corrected chi connectivity index (χ4v) is 3.15. The van der Waals surface area contributed by atoms with Gasteiger partial charge in [0.15, 0.2) is 15.7 Å². The lowest BCUT2D eigenvalue weighted by atomic mass is 10.2. The monoisotopic (exact) mass is 392 g/mol. The third-order valence-corrected chi connectivity index (χ3v) is 5.13. The highest BCUT2D eigenvalue weighted by Gasteiger charge is 2.22. The van der Waals surface area contributed by atoms with Crippen molar-refractivity contribution in [1.82, 2.24) is 14.8 Å². The smallest absolute Gasteiger partial charge is 0.282 e. The van der Waals surface area contributed by atoms with Gasteiger partial charge in [-0.05, 0) is 24.6 Å². The molecule has 0 aliphatic heterocycles. The van der Waals surface area contributed by atoms with Gasteiger partial charge in [0.2, 0.25) is 0 Å². The van der Waals surface area contributed by atoms with Gasteiger partial charge in [0, 0.05) is 24.6 Å². The Morgan fingerprint density at radius 1 is 1.15 bits per heavy atom. The van der Waals surface area contributed by atoms with Crippen molar-refractivity contribution in [2.75, 3.05) is 11.6 Å². The molecule has 0 saturated carbocycles. The number of alkyl halides is 2. The van der Waals surface area contributed by atoms with Crippen molar-refractivity contribution in [3.05, 3.63) is 65.5 Å². The topological polar surface area (TPSA) is 76.9 Å². The molecule has 0 atom stereocenters. The Kier molecular flexibility index (Phi) is 5.22. The molecule has 9 heteroatoms. The number of halogens is 2. The molecule has 2 heterocycles. The number of hydrogen-bond donors (Lipinski definition) is 1. The van der Waals surface area contributed by atoms with Crippen LogP contribution in [0.1, 0.15) is 23.2 Å². The zero-order valence-electron chi connectivity index (χ0n) is 14.7. The zero-order chi connectivity index (χ0) is 19.6. The summed E-state index contributed by atoms with van der Waals surface area (Å²) in [6.07, 6.45) is -0.479. The molecule has 0 radical (unpaired) electrons. The van der Waals surface area contributed by atoms with Crippen molar-refractivity contribution in [1.29, 1.82) is 0 Å². The molecule has 3 rings (SSSR count). The van der Waals surface area contributed by atoms with E-state index in [0.717, 1.165) is 11.8 Å². The average Bonchev–Trinajstić information content (AvgIpc) is 2.97. The van der Waals surface area contributed by atoms with E-state index in [0.29, 0.717) is 17.9 Å². The minimum atomic E-state index is -3.40. The molecular formula is C18H18F2N4O2S. The average molecular weight is 392 g/mol. The van der Waals surface area contributed by atoms with Gasteiger partial charge in [-0.2, -0.15) is 9.78 Å². The molecule has 6 nitrogen and oxygen atoms in total. The van der Waals surface area contributed by atoms with Crippen LogP contribution in [0.5, 0.6) is 0 Å². The lowest BCUT2D eigenvalue weighted by Crippen LogP contribution is -2.09. The van der Waals surface area contributed by atoms with E-state index >= 15 is 0 Å². The Balaban J connectivity index is 1.99. The van der Waals surface area contributed by atoms with Gasteiger partial charge in [0.05, 0.1) is 4.90 Å². The van der Waals surface area contributed by atoms with Crippen LogP contribution in [0.3, 0.4) is 0 Å². The number of pyridine rings is 1. The highest BCUT2D eigenvalue weighted by atomic mass is 32.2. The molecule has 1 N–H and O–H groups in total. The van der Waals surface area contributed by atoms with E-state index < -0.39 is 16.3 Å². The number of nitrogens with zero attached hydrogens (tertiary/aromatic N) is 3. The second kappa shape index (κ2) is 7.43. The van der Waals surface area contributed by atoms with Crippen molar-refractivity contribution in [2.45, 2.75) is 24.8 Å². The Labute approximate surface area is 155 Å². The Bertz CT molecular complexity index is 1030. The maximum atomic E-state index is 13.3. The number of hydrogen-bond acceptors (Lipinski definition) is 5. The third kappa shape index (κ3) is 4.13. The van der Waals surface area contributed by atoms with E-state index in [1.165, 1.54) is 23.0 Å². The fraction of sp³-hybridized carbons (Fsp3) is 0.222. The highest BCUT2D eigenvalue weighted by molar-refractivity contribution is 7.90. The molecule has 0 amide bonds. The first-order valence-electron chi connectivity index (χ1n) is 8.09. The first-order chi connectivity index (χ1) is 12.8. The van der Waals surface area contributed by atoms with Crippen molar-refractivity contribution in [3.63, 3.8) is 0 Å². The lowest BCUT2D eigenvalue weighted by molar-refractivity contribution is 0.144. The van der Waals surface area contributed by atoms with E-state index in [2.05, 4.69) is 15.4 Å². The molecule has 27 heavy (non-hydrogen) atoms. The summed E-state index contributed by atoms with van der Waals surface area (Å²) in [6, 6.07) is 12.3. The summed E-state index contributed by atoms with van der Waals surface area (Å²) in [5, 5.41) is 7.10.